The van der Waals surface area contributed by atoms with E-state index in [0.717, 1.165) is 44.8 Å². The Balaban J connectivity index is 2.03. The molecule has 1 fully saturated rings. The van der Waals surface area contributed by atoms with Crippen molar-refractivity contribution >= 4 is 5.91 Å². The van der Waals surface area contributed by atoms with Crippen molar-refractivity contribution in [3.8, 4) is 0 Å². The smallest absolute Gasteiger partial charge is 0.257 e. The van der Waals surface area contributed by atoms with Crippen LogP contribution in [0.2, 0.25) is 0 Å². The predicted molar refractivity (Wildman–Crippen MR) is 64.8 cm³/mol. The topological polar surface area (TPSA) is 58.1 Å². The normalized spacial score (nSPS) is 15.9. The molecule has 5 heteroatoms. The molecule has 0 aliphatic carbocycles. The van der Waals surface area contributed by atoms with Crippen molar-refractivity contribution in [2.45, 2.75) is 19.8 Å². The summed E-state index contributed by atoms with van der Waals surface area (Å²) in [5.74, 6) is 0.846. The summed E-state index contributed by atoms with van der Waals surface area (Å²) in [6.45, 7) is 5.33. The van der Waals surface area contributed by atoms with Gasteiger partial charge in [-0.1, -0.05) is 6.92 Å². The first-order valence-electron chi connectivity index (χ1n) is 6.12. The van der Waals surface area contributed by atoms with E-state index in [1.165, 1.54) is 0 Å². The molecule has 1 amide bonds. The first-order chi connectivity index (χ1) is 8.31. The van der Waals surface area contributed by atoms with E-state index in [2.05, 4.69) is 22.2 Å². The number of rotatable bonds is 3. The minimum atomic E-state index is 0.0366. The Hall–Kier alpha value is -1.49. The molecule has 2 heterocycles. The summed E-state index contributed by atoms with van der Waals surface area (Å²) in [7, 11) is 0. The monoisotopic (exact) mass is 234 g/mol. The zero-order valence-electron chi connectivity index (χ0n) is 10.1. The van der Waals surface area contributed by atoms with Gasteiger partial charge < -0.3 is 10.2 Å². The van der Waals surface area contributed by atoms with Gasteiger partial charge in [0.25, 0.3) is 5.91 Å². The van der Waals surface area contributed by atoms with E-state index >= 15 is 0 Å². The van der Waals surface area contributed by atoms with Crippen LogP contribution in [-0.2, 0) is 6.42 Å². The Morgan fingerprint density at radius 1 is 1.35 bits per heavy atom. The second-order valence-corrected chi connectivity index (χ2v) is 4.18. The summed E-state index contributed by atoms with van der Waals surface area (Å²) >= 11 is 0. The van der Waals surface area contributed by atoms with Gasteiger partial charge >= 0.3 is 0 Å². The summed E-state index contributed by atoms with van der Waals surface area (Å²) in [5, 5.41) is 3.22. The molecule has 92 valence electrons. The molecule has 0 unspecified atom stereocenters. The van der Waals surface area contributed by atoms with Crippen LogP contribution in [-0.4, -0.2) is 47.0 Å². The highest BCUT2D eigenvalue weighted by molar-refractivity contribution is 5.93. The molecular formula is C12H18N4O. The zero-order valence-corrected chi connectivity index (χ0v) is 10.1. The van der Waals surface area contributed by atoms with Crippen molar-refractivity contribution in [2.75, 3.05) is 26.2 Å². The molecule has 0 spiro atoms. The number of aryl methyl sites for hydroxylation is 1. The van der Waals surface area contributed by atoms with Gasteiger partial charge in [0.15, 0.2) is 0 Å². The number of carbonyl (C=O) groups is 1. The Bertz CT molecular complexity index is 371. The fourth-order valence-corrected chi connectivity index (χ4v) is 1.87. The maximum absolute atomic E-state index is 12.1. The van der Waals surface area contributed by atoms with Crippen LogP contribution in [0.3, 0.4) is 0 Å². The largest absolute Gasteiger partial charge is 0.336 e. The lowest BCUT2D eigenvalue weighted by Gasteiger charge is -2.27. The van der Waals surface area contributed by atoms with Crippen LogP contribution in [0.15, 0.2) is 12.4 Å². The number of carbonyl (C=O) groups excluding carboxylic acids is 1. The first kappa shape index (κ1) is 12.0. The lowest BCUT2D eigenvalue weighted by Crippen LogP contribution is -2.46. The number of nitrogens with zero attached hydrogens (tertiary/aromatic N) is 3. The maximum atomic E-state index is 12.1. The summed E-state index contributed by atoms with van der Waals surface area (Å²) in [6, 6.07) is 0. The van der Waals surface area contributed by atoms with Crippen LogP contribution in [0.25, 0.3) is 0 Å². The fraction of sp³-hybridized carbons (Fsp3) is 0.583. The van der Waals surface area contributed by atoms with Gasteiger partial charge in [-0.05, 0) is 6.42 Å². The van der Waals surface area contributed by atoms with Crippen molar-refractivity contribution in [1.82, 2.24) is 20.2 Å². The molecule has 0 atom stereocenters. The molecular weight excluding hydrogens is 216 g/mol. The van der Waals surface area contributed by atoms with Gasteiger partial charge in [-0.2, -0.15) is 0 Å². The van der Waals surface area contributed by atoms with Gasteiger partial charge in [-0.15, -0.1) is 0 Å². The summed E-state index contributed by atoms with van der Waals surface area (Å²) < 4.78 is 0. The third kappa shape index (κ3) is 3.00. The Labute approximate surface area is 101 Å². The van der Waals surface area contributed by atoms with Crippen molar-refractivity contribution < 1.29 is 4.79 Å². The van der Waals surface area contributed by atoms with Crippen LogP contribution in [0.5, 0.6) is 0 Å². The molecule has 17 heavy (non-hydrogen) atoms. The fourth-order valence-electron chi connectivity index (χ4n) is 1.87. The lowest BCUT2D eigenvalue weighted by atomic mass is 10.2. The van der Waals surface area contributed by atoms with Crippen LogP contribution in [0, 0.1) is 0 Å². The number of hydrogen-bond acceptors (Lipinski definition) is 4. The van der Waals surface area contributed by atoms with Crippen molar-refractivity contribution in [3.05, 3.63) is 23.8 Å². The van der Waals surface area contributed by atoms with E-state index in [9.17, 15) is 4.79 Å². The average Bonchev–Trinajstić information content (AvgIpc) is 2.40. The van der Waals surface area contributed by atoms with Gasteiger partial charge in [0.05, 0.1) is 5.56 Å². The molecule has 1 aromatic rings. The number of nitrogens with one attached hydrogen (secondary N) is 1. The first-order valence-corrected chi connectivity index (χ1v) is 6.12. The highest BCUT2D eigenvalue weighted by Gasteiger charge is 2.18. The summed E-state index contributed by atoms with van der Waals surface area (Å²) in [6.07, 6.45) is 5.16. The van der Waals surface area contributed by atoms with Gasteiger partial charge in [0, 0.05) is 45.0 Å². The molecule has 1 saturated heterocycles. The maximum Gasteiger partial charge on any atom is 0.257 e. The summed E-state index contributed by atoms with van der Waals surface area (Å²) in [4.78, 5) is 22.3. The second kappa shape index (κ2) is 5.72. The molecule has 0 saturated carbocycles. The molecule has 1 N–H and O–H groups in total. The van der Waals surface area contributed by atoms with E-state index in [1.54, 1.807) is 12.4 Å². The molecule has 0 radical (unpaired) electrons. The van der Waals surface area contributed by atoms with E-state index in [1.807, 2.05) is 4.90 Å². The molecule has 0 bridgehead atoms. The van der Waals surface area contributed by atoms with Crippen LogP contribution in [0.4, 0.5) is 0 Å². The predicted octanol–water partition coefficient (Wildman–Crippen LogP) is 0.474. The van der Waals surface area contributed by atoms with E-state index in [0.29, 0.717) is 5.56 Å². The van der Waals surface area contributed by atoms with Crippen LogP contribution >= 0.6 is 0 Å². The second-order valence-electron chi connectivity index (χ2n) is 4.18. The van der Waals surface area contributed by atoms with Gasteiger partial charge in [-0.3, -0.25) is 4.79 Å². The summed E-state index contributed by atoms with van der Waals surface area (Å²) in [5.41, 5.74) is 0.590. The quantitative estimate of drug-likeness (QED) is 0.826. The molecule has 2 rings (SSSR count). The molecule has 1 aliphatic rings. The molecule has 1 aromatic heterocycles. The Morgan fingerprint density at radius 3 is 2.59 bits per heavy atom. The SMILES string of the molecule is CCCc1ncc(C(=O)N2CCNCC2)cn1. The minimum Gasteiger partial charge on any atom is -0.336 e. The minimum absolute atomic E-state index is 0.0366. The lowest BCUT2D eigenvalue weighted by molar-refractivity contribution is 0.0735. The van der Waals surface area contributed by atoms with E-state index in [4.69, 9.17) is 0 Å². The van der Waals surface area contributed by atoms with Crippen LogP contribution in [0.1, 0.15) is 29.5 Å². The third-order valence-corrected chi connectivity index (χ3v) is 2.83. The van der Waals surface area contributed by atoms with Crippen molar-refractivity contribution in [1.29, 1.82) is 0 Å². The van der Waals surface area contributed by atoms with Crippen molar-refractivity contribution in [2.24, 2.45) is 0 Å². The highest BCUT2D eigenvalue weighted by atomic mass is 16.2. The standard InChI is InChI=1S/C12H18N4O/c1-2-3-11-14-8-10(9-15-11)12(17)16-6-4-13-5-7-16/h8-9,13H,2-7H2,1H3. The molecule has 0 aromatic carbocycles. The van der Waals surface area contributed by atoms with Gasteiger partial charge in [0.2, 0.25) is 0 Å². The third-order valence-electron chi connectivity index (χ3n) is 2.83. The van der Waals surface area contributed by atoms with Gasteiger partial charge in [-0.25, -0.2) is 9.97 Å². The number of piperazine rings is 1. The number of amides is 1. The highest BCUT2D eigenvalue weighted by Crippen LogP contribution is 2.04. The Morgan fingerprint density at radius 2 is 2.00 bits per heavy atom. The molecule has 1 aliphatic heterocycles. The Kier molecular flexibility index (Phi) is 4.03. The van der Waals surface area contributed by atoms with Crippen LogP contribution < -0.4 is 5.32 Å². The zero-order chi connectivity index (χ0) is 12.1. The van der Waals surface area contributed by atoms with Crippen molar-refractivity contribution in [3.63, 3.8) is 0 Å². The average molecular weight is 234 g/mol. The van der Waals surface area contributed by atoms with E-state index in [-0.39, 0.29) is 5.91 Å². The van der Waals surface area contributed by atoms with E-state index < -0.39 is 0 Å². The molecule has 5 nitrogen and oxygen atoms in total. The number of hydrogen-bond donors (Lipinski definition) is 1. The van der Waals surface area contributed by atoms with Gasteiger partial charge in [0.1, 0.15) is 5.82 Å². The number of aromatic nitrogens is 2.